The number of carbonyl (C=O) groups excluding carboxylic acids is 1. The van der Waals surface area contributed by atoms with Gasteiger partial charge in [-0.05, 0) is 37.3 Å². The molecule has 1 aliphatic heterocycles. The molecule has 22 heavy (non-hydrogen) atoms. The van der Waals surface area contributed by atoms with Crippen LogP contribution in [0.3, 0.4) is 0 Å². The number of rotatable bonds is 2. The summed E-state index contributed by atoms with van der Waals surface area (Å²) in [5.41, 5.74) is 1.44. The van der Waals surface area contributed by atoms with Crippen molar-refractivity contribution in [3.05, 3.63) is 48.0 Å². The Morgan fingerprint density at radius 2 is 1.95 bits per heavy atom. The number of benzene rings is 2. The van der Waals surface area contributed by atoms with E-state index in [1.165, 1.54) is 11.8 Å². The monoisotopic (exact) mass is 315 g/mol. The number of aromatic hydroxyl groups is 1. The second kappa shape index (κ2) is 5.25. The van der Waals surface area contributed by atoms with Crippen LogP contribution in [0.25, 0.3) is 0 Å². The zero-order valence-corrected chi connectivity index (χ0v) is 13.5. The van der Waals surface area contributed by atoms with Gasteiger partial charge in [0.05, 0.1) is 12.8 Å². The summed E-state index contributed by atoms with van der Waals surface area (Å²) in [7, 11) is 3.33. The minimum absolute atomic E-state index is 0.0697. The molecule has 2 aromatic rings. The average molecular weight is 315 g/mol. The van der Waals surface area contributed by atoms with E-state index >= 15 is 0 Å². The van der Waals surface area contributed by atoms with E-state index in [1.807, 2.05) is 31.2 Å². The van der Waals surface area contributed by atoms with Crippen LogP contribution >= 0.6 is 11.8 Å². The Morgan fingerprint density at radius 3 is 2.68 bits per heavy atom. The largest absolute Gasteiger partial charge is 0.508 e. The molecule has 1 amide bonds. The van der Waals surface area contributed by atoms with E-state index in [1.54, 1.807) is 37.3 Å². The molecule has 0 bridgehead atoms. The third-order valence-electron chi connectivity index (χ3n) is 3.97. The first-order chi connectivity index (χ1) is 10.5. The number of methoxy groups -OCH3 is 1. The van der Waals surface area contributed by atoms with Crippen LogP contribution in [0.15, 0.2) is 47.4 Å². The number of ether oxygens (including phenoxy) is 1. The average Bonchev–Trinajstić information content (AvgIpc) is 2.53. The summed E-state index contributed by atoms with van der Waals surface area (Å²) >= 11 is 1.45. The molecule has 1 N–H and O–H groups in total. The summed E-state index contributed by atoms with van der Waals surface area (Å²) in [6.45, 7) is 1.83. The van der Waals surface area contributed by atoms with Crippen molar-refractivity contribution in [1.82, 2.24) is 0 Å². The second-order valence-electron chi connectivity index (χ2n) is 5.35. The minimum Gasteiger partial charge on any atom is -0.508 e. The number of hydrogen-bond donors (Lipinski definition) is 1. The van der Waals surface area contributed by atoms with E-state index in [-0.39, 0.29) is 11.7 Å². The van der Waals surface area contributed by atoms with E-state index in [0.29, 0.717) is 11.3 Å². The van der Waals surface area contributed by atoms with Crippen molar-refractivity contribution < 1.29 is 14.6 Å². The molecule has 1 atom stereocenters. The normalized spacial score (nSPS) is 20.7. The molecule has 1 unspecified atom stereocenters. The number of fused-ring (bicyclic) bond motifs is 1. The summed E-state index contributed by atoms with van der Waals surface area (Å²) in [6, 6.07) is 12.7. The highest BCUT2D eigenvalue weighted by atomic mass is 32.2. The fraction of sp³-hybridized carbons (Fsp3) is 0.235. The second-order valence-corrected chi connectivity index (χ2v) is 6.81. The van der Waals surface area contributed by atoms with Gasteiger partial charge in [-0.15, -0.1) is 11.8 Å². The number of phenolic OH excluding ortho intramolecular Hbond substituents is 1. The highest BCUT2D eigenvalue weighted by Crippen LogP contribution is 2.52. The summed E-state index contributed by atoms with van der Waals surface area (Å²) in [6.07, 6.45) is 0. The van der Waals surface area contributed by atoms with Crippen molar-refractivity contribution in [2.75, 3.05) is 19.1 Å². The Balaban J connectivity index is 2.16. The molecule has 3 rings (SSSR count). The number of para-hydroxylation sites is 1. The maximum atomic E-state index is 12.9. The van der Waals surface area contributed by atoms with Crippen molar-refractivity contribution >= 4 is 23.4 Å². The van der Waals surface area contributed by atoms with Gasteiger partial charge in [0.1, 0.15) is 16.2 Å². The third kappa shape index (κ3) is 2.13. The lowest BCUT2D eigenvalue weighted by atomic mass is 9.96. The Bertz CT molecular complexity index is 746. The van der Waals surface area contributed by atoms with Crippen molar-refractivity contribution in [2.24, 2.45) is 0 Å². The maximum absolute atomic E-state index is 12.9. The van der Waals surface area contributed by atoms with Crippen molar-refractivity contribution in [3.63, 3.8) is 0 Å². The first-order valence-electron chi connectivity index (χ1n) is 6.91. The quantitative estimate of drug-likeness (QED) is 0.923. The lowest BCUT2D eigenvalue weighted by molar-refractivity contribution is -0.120. The molecule has 0 saturated carbocycles. The molecule has 0 aromatic heterocycles. The molecule has 0 spiro atoms. The zero-order chi connectivity index (χ0) is 15.9. The van der Waals surface area contributed by atoms with Crippen LogP contribution in [-0.2, 0) is 9.54 Å². The van der Waals surface area contributed by atoms with Crippen LogP contribution in [0.1, 0.15) is 12.5 Å². The zero-order valence-electron chi connectivity index (χ0n) is 12.7. The van der Waals surface area contributed by atoms with Crippen LogP contribution in [0.2, 0.25) is 0 Å². The van der Waals surface area contributed by atoms with E-state index in [0.717, 1.165) is 10.6 Å². The molecule has 0 fully saturated rings. The molecule has 5 heteroatoms. The van der Waals surface area contributed by atoms with Crippen LogP contribution in [-0.4, -0.2) is 25.2 Å². The van der Waals surface area contributed by atoms with Crippen molar-refractivity contribution in [1.29, 1.82) is 0 Å². The Labute approximate surface area is 133 Å². The minimum atomic E-state index is -0.901. The molecule has 1 heterocycles. The molecule has 1 aliphatic rings. The van der Waals surface area contributed by atoms with Crippen LogP contribution in [0.5, 0.6) is 11.5 Å². The van der Waals surface area contributed by atoms with Gasteiger partial charge in [0.25, 0.3) is 0 Å². The SMILES string of the molecule is COc1ccc(O)c(C2(C)Sc3ccccc3N(C)C2=O)c1. The van der Waals surface area contributed by atoms with Gasteiger partial charge in [-0.2, -0.15) is 0 Å². The Kier molecular flexibility index (Phi) is 3.53. The fourth-order valence-corrected chi connectivity index (χ4v) is 4.10. The molecular formula is C17H17NO3S. The molecular weight excluding hydrogens is 298 g/mol. The third-order valence-corrected chi connectivity index (χ3v) is 5.34. The van der Waals surface area contributed by atoms with Gasteiger partial charge in [-0.25, -0.2) is 0 Å². The summed E-state index contributed by atoms with van der Waals surface area (Å²) in [5.74, 6) is 0.639. The number of anilines is 1. The van der Waals surface area contributed by atoms with Crippen LogP contribution < -0.4 is 9.64 Å². The number of likely N-dealkylation sites (N-methyl/N-ethyl adjacent to an activating group) is 1. The van der Waals surface area contributed by atoms with Crippen LogP contribution in [0, 0.1) is 0 Å². The van der Waals surface area contributed by atoms with Gasteiger partial charge in [-0.1, -0.05) is 12.1 Å². The number of amides is 1. The van der Waals surface area contributed by atoms with E-state index < -0.39 is 4.75 Å². The predicted octanol–water partition coefficient (Wildman–Crippen LogP) is 3.38. The Morgan fingerprint density at radius 1 is 1.23 bits per heavy atom. The van der Waals surface area contributed by atoms with Gasteiger partial charge in [0.2, 0.25) is 5.91 Å². The maximum Gasteiger partial charge on any atom is 0.247 e. The number of hydrogen-bond acceptors (Lipinski definition) is 4. The summed E-state index contributed by atoms with van der Waals surface area (Å²) in [5, 5.41) is 10.3. The Hall–Kier alpha value is -2.14. The lowest BCUT2D eigenvalue weighted by Gasteiger charge is -2.38. The first-order valence-corrected chi connectivity index (χ1v) is 7.72. The van der Waals surface area contributed by atoms with Gasteiger partial charge in [0, 0.05) is 17.5 Å². The molecule has 2 aromatic carbocycles. The van der Waals surface area contributed by atoms with Gasteiger partial charge in [0.15, 0.2) is 0 Å². The molecule has 114 valence electrons. The van der Waals surface area contributed by atoms with Crippen molar-refractivity contribution in [3.8, 4) is 11.5 Å². The number of thioether (sulfide) groups is 1. The van der Waals surface area contributed by atoms with Gasteiger partial charge in [-0.3, -0.25) is 4.79 Å². The van der Waals surface area contributed by atoms with E-state index in [4.69, 9.17) is 4.74 Å². The molecule has 0 saturated heterocycles. The number of nitrogens with zero attached hydrogens (tertiary/aromatic N) is 1. The number of carbonyl (C=O) groups is 1. The fourth-order valence-electron chi connectivity index (χ4n) is 2.71. The first kappa shape index (κ1) is 14.8. The lowest BCUT2D eigenvalue weighted by Crippen LogP contribution is -2.44. The molecule has 0 aliphatic carbocycles. The van der Waals surface area contributed by atoms with Gasteiger partial charge < -0.3 is 14.7 Å². The molecule has 0 radical (unpaired) electrons. The number of phenols is 1. The predicted molar refractivity (Wildman–Crippen MR) is 87.7 cm³/mol. The van der Waals surface area contributed by atoms with E-state index in [2.05, 4.69) is 0 Å². The van der Waals surface area contributed by atoms with Gasteiger partial charge >= 0.3 is 0 Å². The highest BCUT2D eigenvalue weighted by molar-refractivity contribution is 8.01. The smallest absolute Gasteiger partial charge is 0.247 e. The topological polar surface area (TPSA) is 49.8 Å². The van der Waals surface area contributed by atoms with Crippen LogP contribution in [0.4, 0.5) is 5.69 Å². The summed E-state index contributed by atoms with van der Waals surface area (Å²) < 4.78 is 4.33. The molecule has 4 nitrogen and oxygen atoms in total. The standard InChI is InChI=1S/C17H17NO3S/c1-17(12-10-11(21-3)8-9-14(12)19)16(20)18(2)13-6-4-5-7-15(13)22-17/h4-10,19H,1-3H3. The highest BCUT2D eigenvalue weighted by Gasteiger charge is 2.45. The van der Waals surface area contributed by atoms with E-state index in [9.17, 15) is 9.90 Å². The van der Waals surface area contributed by atoms with Crippen molar-refractivity contribution in [2.45, 2.75) is 16.6 Å². The summed E-state index contributed by atoms with van der Waals surface area (Å²) in [4.78, 5) is 15.6.